The summed E-state index contributed by atoms with van der Waals surface area (Å²) in [7, 11) is 0. The van der Waals surface area contributed by atoms with Crippen LogP contribution in [-0.4, -0.2) is 29.0 Å². The van der Waals surface area contributed by atoms with E-state index in [-0.39, 0.29) is 16.7 Å². The minimum atomic E-state index is -0.602. The zero-order chi connectivity index (χ0) is 23.3. The zero-order valence-corrected chi connectivity index (χ0v) is 21.4. The van der Waals surface area contributed by atoms with Gasteiger partial charge in [0.25, 0.3) is 0 Å². The van der Waals surface area contributed by atoms with E-state index in [1.807, 2.05) is 0 Å². The summed E-state index contributed by atoms with van der Waals surface area (Å²) in [6, 6.07) is 4.17. The van der Waals surface area contributed by atoms with E-state index in [0.717, 1.165) is 61.9 Å². The van der Waals surface area contributed by atoms with Crippen LogP contribution in [0.15, 0.2) is 12.1 Å². The summed E-state index contributed by atoms with van der Waals surface area (Å²) in [5.41, 5.74) is 1.86. The maximum Gasteiger partial charge on any atom is 0.232 e. The number of hydrogen-bond acceptors (Lipinski definition) is 2. The number of hydrogen-bond donors (Lipinski definition) is 1. The van der Waals surface area contributed by atoms with E-state index in [1.54, 1.807) is 0 Å². The molecule has 1 aromatic carbocycles. The molecule has 0 fully saturated rings. The Balaban J connectivity index is 3.64. The summed E-state index contributed by atoms with van der Waals surface area (Å²) in [5.74, 6) is 0.593. The molecule has 0 aromatic heterocycles. The van der Waals surface area contributed by atoms with Crippen molar-refractivity contribution < 1.29 is 9.90 Å². The molecule has 3 nitrogen and oxygen atoms in total. The average Bonchev–Trinajstić information content (AvgIpc) is 2.65. The highest BCUT2D eigenvalue weighted by atomic mass is 16.3. The van der Waals surface area contributed by atoms with Gasteiger partial charge in [0.2, 0.25) is 5.91 Å². The van der Waals surface area contributed by atoms with Crippen LogP contribution in [0, 0.1) is 0 Å². The Hall–Kier alpha value is -1.51. The fraction of sp³-hybridized carbons (Fsp3) is 0.741. The molecule has 1 rings (SSSR count). The predicted molar refractivity (Wildman–Crippen MR) is 130 cm³/mol. The Labute approximate surface area is 186 Å². The summed E-state index contributed by atoms with van der Waals surface area (Å²) < 4.78 is 0. The fourth-order valence-electron chi connectivity index (χ4n) is 3.94. The van der Waals surface area contributed by atoms with Crippen LogP contribution in [-0.2, 0) is 21.0 Å². The van der Waals surface area contributed by atoms with Crippen LogP contribution in [0.4, 0.5) is 0 Å². The molecule has 0 saturated carbocycles. The molecule has 1 N–H and O–H groups in total. The van der Waals surface area contributed by atoms with Crippen molar-refractivity contribution in [2.45, 2.75) is 118 Å². The van der Waals surface area contributed by atoms with Crippen LogP contribution < -0.4 is 0 Å². The normalized spacial score (nSPS) is 14.5. The first-order valence-electron chi connectivity index (χ1n) is 11.9. The molecule has 0 aliphatic rings. The second-order valence-electron chi connectivity index (χ2n) is 11.1. The molecule has 1 aromatic rings. The number of phenolic OH excluding ortho intramolecular Hbond substituents is 1. The summed E-state index contributed by atoms with van der Waals surface area (Å²) >= 11 is 0. The number of phenols is 1. The number of nitrogens with zero attached hydrogens (tertiary/aromatic N) is 1. The van der Waals surface area contributed by atoms with Gasteiger partial charge in [-0.2, -0.15) is 0 Å². The summed E-state index contributed by atoms with van der Waals surface area (Å²) in [4.78, 5) is 16.0. The molecule has 1 amide bonds. The van der Waals surface area contributed by atoms with Gasteiger partial charge in [0.15, 0.2) is 0 Å². The monoisotopic (exact) mass is 417 g/mol. The van der Waals surface area contributed by atoms with Crippen LogP contribution >= 0.6 is 0 Å². The second kappa shape index (κ2) is 10.2. The number of rotatable bonds is 9. The third-order valence-corrected chi connectivity index (χ3v) is 6.39. The molecule has 172 valence electrons. The maximum atomic E-state index is 13.9. The van der Waals surface area contributed by atoms with Crippen LogP contribution in [0.3, 0.4) is 0 Å². The molecule has 30 heavy (non-hydrogen) atoms. The van der Waals surface area contributed by atoms with Crippen molar-refractivity contribution in [3.8, 4) is 5.75 Å². The highest BCUT2D eigenvalue weighted by Crippen LogP contribution is 2.43. The lowest BCUT2D eigenvalue weighted by atomic mass is 9.72. The number of aromatic hydroxyl groups is 1. The Morgan fingerprint density at radius 2 is 1.23 bits per heavy atom. The number of carbonyl (C=O) groups is 1. The van der Waals surface area contributed by atoms with E-state index in [0.29, 0.717) is 5.75 Å². The van der Waals surface area contributed by atoms with Gasteiger partial charge in [0.1, 0.15) is 5.75 Å². The third kappa shape index (κ3) is 6.02. The first-order valence-corrected chi connectivity index (χ1v) is 11.9. The van der Waals surface area contributed by atoms with Crippen LogP contribution in [0.2, 0.25) is 0 Å². The Bertz CT molecular complexity index is 666. The standard InChI is InChI=1S/C27H47NO2/c1-11-14-16-28(17-15-12-2)24(30)27(10,13-3)20-18-21(25(4,5)6)23(29)22(19-20)26(7,8)9/h18-19,29H,11-17H2,1-10H3. The van der Waals surface area contributed by atoms with Crippen LogP contribution in [0.1, 0.15) is 118 Å². The van der Waals surface area contributed by atoms with Crippen LogP contribution in [0.5, 0.6) is 5.75 Å². The fourth-order valence-corrected chi connectivity index (χ4v) is 3.94. The van der Waals surface area contributed by atoms with E-state index in [9.17, 15) is 9.90 Å². The van der Waals surface area contributed by atoms with Crippen molar-refractivity contribution in [2.24, 2.45) is 0 Å². The molecule has 1 atom stereocenters. The lowest BCUT2D eigenvalue weighted by Crippen LogP contribution is -2.46. The Morgan fingerprint density at radius 3 is 1.53 bits per heavy atom. The SMILES string of the molecule is CCCCN(CCCC)C(=O)C(C)(CC)c1cc(C(C)(C)C)c(O)c(C(C)(C)C)c1. The van der Waals surface area contributed by atoms with Gasteiger partial charge in [-0.3, -0.25) is 4.79 Å². The maximum absolute atomic E-state index is 13.9. The van der Waals surface area contributed by atoms with Gasteiger partial charge in [0.05, 0.1) is 5.41 Å². The first-order chi connectivity index (χ1) is 13.7. The Morgan fingerprint density at radius 1 is 0.833 bits per heavy atom. The topological polar surface area (TPSA) is 40.5 Å². The van der Waals surface area contributed by atoms with E-state index in [1.165, 1.54) is 0 Å². The lowest BCUT2D eigenvalue weighted by Gasteiger charge is -2.37. The average molecular weight is 418 g/mol. The molecule has 3 heteroatoms. The van der Waals surface area contributed by atoms with E-state index in [2.05, 4.69) is 86.3 Å². The van der Waals surface area contributed by atoms with Gasteiger partial charge in [-0.15, -0.1) is 0 Å². The first kappa shape index (κ1) is 26.5. The van der Waals surface area contributed by atoms with Crippen molar-refractivity contribution in [2.75, 3.05) is 13.1 Å². The molecule has 0 aliphatic heterocycles. The van der Waals surface area contributed by atoms with Gasteiger partial charge in [-0.1, -0.05) is 87.3 Å². The highest BCUT2D eigenvalue weighted by molar-refractivity contribution is 5.88. The molecule has 1 unspecified atom stereocenters. The molecule has 0 aliphatic carbocycles. The number of carbonyl (C=O) groups excluding carboxylic acids is 1. The molecular weight excluding hydrogens is 370 g/mol. The van der Waals surface area contributed by atoms with Gasteiger partial charge < -0.3 is 10.0 Å². The molecule has 0 saturated heterocycles. The lowest BCUT2D eigenvalue weighted by molar-refractivity contribution is -0.137. The molecule has 0 spiro atoms. The van der Waals surface area contributed by atoms with Crippen molar-refractivity contribution >= 4 is 5.91 Å². The van der Waals surface area contributed by atoms with Gasteiger partial charge in [-0.05, 0) is 53.7 Å². The zero-order valence-electron chi connectivity index (χ0n) is 21.4. The van der Waals surface area contributed by atoms with Crippen LogP contribution in [0.25, 0.3) is 0 Å². The summed E-state index contributed by atoms with van der Waals surface area (Å²) in [5, 5.41) is 11.1. The quantitative estimate of drug-likeness (QED) is 0.466. The smallest absolute Gasteiger partial charge is 0.232 e. The van der Waals surface area contributed by atoms with Crippen molar-refractivity contribution in [3.63, 3.8) is 0 Å². The molecular formula is C27H47NO2. The number of amides is 1. The number of unbranched alkanes of at least 4 members (excludes halogenated alkanes) is 2. The number of benzene rings is 1. The molecule has 0 heterocycles. The highest BCUT2D eigenvalue weighted by Gasteiger charge is 2.39. The van der Waals surface area contributed by atoms with Crippen molar-refractivity contribution in [1.29, 1.82) is 0 Å². The minimum absolute atomic E-state index is 0.206. The van der Waals surface area contributed by atoms with E-state index in [4.69, 9.17) is 0 Å². The second-order valence-corrected chi connectivity index (χ2v) is 11.1. The minimum Gasteiger partial charge on any atom is -0.507 e. The van der Waals surface area contributed by atoms with Crippen molar-refractivity contribution in [3.05, 3.63) is 28.8 Å². The molecule has 0 radical (unpaired) electrons. The largest absolute Gasteiger partial charge is 0.507 e. The van der Waals surface area contributed by atoms with E-state index < -0.39 is 5.41 Å². The molecule has 0 bridgehead atoms. The third-order valence-electron chi connectivity index (χ3n) is 6.39. The van der Waals surface area contributed by atoms with Gasteiger partial charge >= 0.3 is 0 Å². The van der Waals surface area contributed by atoms with E-state index >= 15 is 0 Å². The Kier molecular flexibility index (Phi) is 9.02. The van der Waals surface area contributed by atoms with Crippen molar-refractivity contribution in [1.82, 2.24) is 4.90 Å². The summed E-state index contributed by atoms with van der Waals surface area (Å²) in [6.45, 7) is 22.9. The predicted octanol–water partition coefficient (Wildman–Crippen LogP) is 7.08. The summed E-state index contributed by atoms with van der Waals surface area (Å²) in [6.07, 6.45) is 4.97. The van der Waals surface area contributed by atoms with Gasteiger partial charge in [0, 0.05) is 13.1 Å². The van der Waals surface area contributed by atoms with Gasteiger partial charge in [-0.25, -0.2) is 0 Å².